The molecule has 3 aromatic carbocycles. The van der Waals surface area contributed by atoms with Gasteiger partial charge in [0.1, 0.15) is 5.75 Å². The number of hydrogen-bond donors (Lipinski definition) is 1. The molecule has 1 amide bonds. The molecule has 0 spiro atoms. The summed E-state index contributed by atoms with van der Waals surface area (Å²) in [4.78, 5) is 12.7. The molecule has 0 aliphatic carbocycles. The summed E-state index contributed by atoms with van der Waals surface area (Å²) in [7, 11) is 0. The van der Waals surface area contributed by atoms with Crippen molar-refractivity contribution in [1.82, 2.24) is 0 Å². The normalized spacial score (nSPS) is 10.6. The molecule has 0 saturated heterocycles. The molecule has 0 heterocycles. The average Bonchev–Trinajstić information content (AvgIpc) is 2.72. The van der Waals surface area contributed by atoms with E-state index in [4.69, 9.17) is 21.1 Å². The van der Waals surface area contributed by atoms with Gasteiger partial charge in [-0.25, -0.2) is 0 Å². The molecular formula is C22H18ClF2NO4. The number of ether oxygens (including phenoxy) is 3. The van der Waals surface area contributed by atoms with Gasteiger partial charge in [-0.3, -0.25) is 4.79 Å². The number of anilines is 1. The molecule has 5 nitrogen and oxygen atoms in total. The number of alkyl halides is 2. The Morgan fingerprint density at radius 2 is 1.67 bits per heavy atom. The Hall–Kier alpha value is -3.32. The molecule has 3 rings (SSSR count). The number of para-hydroxylation sites is 3. The quantitative estimate of drug-likeness (QED) is 0.447. The summed E-state index contributed by atoms with van der Waals surface area (Å²) in [5, 5.41) is 3.17. The van der Waals surface area contributed by atoms with E-state index in [1.54, 1.807) is 55.5 Å². The van der Waals surface area contributed by atoms with Gasteiger partial charge in [-0.05, 0) is 49.4 Å². The predicted molar refractivity (Wildman–Crippen MR) is 110 cm³/mol. The maximum Gasteiger partial charge on any atom is 0.387 e. The topological polar surface area (TPSA) is 56.8 Å². The second kappa shape index (κ2) is 9.93. The standard InChI is InChI=1S/C22H18ClF2NO4/c1-2-28-20-13-14(11-12-19(20)30-22(24)25)21(27)26-16-8-4-6-10-18(16)29-17-9-5-3-7-15(17)23/h3-13,22H,2H2,1H3,(H,26,27). The number of amides is 1. The van der Waals surface area contributed by atoms with Crippen LogP contribution in [0.4, 0.5) is 14.5 Å². The van der Waals surface area contributed by atoms with Crippen LogP contribution in [0, 0.1) is 0 Å². The van der Waals surface area contributed by atoms with Crippen molar-refractivity contribution in [1.29, 1.82) is 0 Å². The fourth-order valence-corrected chi connectivity index (χ4v) is 2.78. The molecule has 8 heteroatoms. The van der Waals surface area contributed by atoms with Crippen molar-refractivity contribution in [2.75, 3.05) is 11.9 Å². The number of carbonyl (C=O) groups excluding carboxylic acids is 1. The van der Waals surface area contributed by atoms with Gasteiger partial charge in [0, 0.05) is 5.56 Å². The van der Waals surface area contributed by atoms with Gasteiger partial charge >= 0.3 is 6.61 Å². The third-order valence-electron chi connectivity index (χ3n) is 3.91. The van der Waals surface area contributed by atoms with Crippen molar-refractivity contribution in [3.05, 3.63) is 77.3 Å². The van der Waals surface area contributed by atoms with Crippen molar-refractivity contribution in [3.63, 3.8) is 0 Å². The first-order valence-corrected chi connectivity index (χ1v) is 9.40. The van der Waals surface area contributed by atoms with E-state index in [1.165, 1.54) is 18.2 Å². The lowest BCUT2D eigenvalue weighted by atomic mass is 10.1. The fourth-order valence-electron chi connectivity index (χ4n) is 2.61. The third kappa shape index (κ3) is 5.39. The number of benzene rings is 3. The highest BCUT2D eigenvalue weighted by molar-refractivity contribution is 6.32. The highest BCUT2D eigenvalue weighted by Crippen LogP contribution is 2.34. The molecule has 0 aliphatic rings. The van der Waals surface area contributed by atoms with Crippen LogP contribution in [0.1, 0.15) is 17.3 Å². The second-order valence-corrected chi connectivity index (χ2v) is 6.36. The Balaban J connectivity index is 1.82. The van der Waals surface area contributed by atoms with Crippen LogP contribution < -0.4 is 19.5 Å². The van der Waals surface area contributed by atoms with E-state index in [2.05, 4.69) is 10.1 Å². The molecule has 0 atom stereocenters. The van der Waals surface area contributed by atoms with E-state index in [1.807, 2.05) is 0 Å². The van der Waals surface area contributed by atoms with E-state index in [0.717, 1.165) is 0 Å². The molecule has 0 radical (unpaired) electrons. The first-order valence-electron chi connectivity index (χ1n) is 9.02. The van der Waals surface area contributed by atoms with Crippen molar-refractivity contribution >= 4 is 23.2 Å². The third-order valence-corrected chi connectivity index (χ3v) is 4.23. The number of rotatable bonds is 8. The van der Waals surface area contributed by atoms with Gasteiger partial charge in [0.05, 0.1) is 17.3 Å². The Bertz CT molecular complexity index is 1030. The zero-order valence-corrected chi connectivity index (χ0v) is 16.7. The van der Waals surface area contributed by atoms with Gasteiger partial charge in [-0.2, -0.15) is 8.78 Å². The smallest absolute Gasteiger partial charge is 0.387 e. The molecular weight excluding hydrogens is 416 g/mol. The summed E-state index contributed by atoms with van der Waals surface area (Å²) in [6.07, 6.45) is 0. The molecule has 0 fully saturated rings. The van der Waals surface area contributed by atoms with Crippen molar-refractivity contribution in [2.24, 2.45) is 0 Å². The van der Waals surface area contributed by atoms with Gasteiger partial charge in [-0.1, -0.05) is 35.9 Å². The zero-order valence-electron chi connectivity index (χ0n) is 15.9. The summed E-state index contributed by atoms with van der Waals surface area (Å²) in [5.74, 6) is 0.251. The summed E-state index contributed by atoms with van der Waals surface area (Å²) >= 11 is 6.13. The Kier molecular flexibility index (Phi) is 7.08. The zero-order chi connectivity index (χ0) is 21.5. The molecule has 0 unspecified atom stereocenters. The summed E-state index contributed by atoms with van der Waals surface area (Å²) in [6, 6.07) is 17.8. The molecule has 0 saturated carbocycles. The summed E-state index contributed by atoms with van der Waals surface area (Å²) < 4.78 is 40.7. The number of carbonyl (C=O) groups is 1. The van der Waals surface area contributed by atoms with Crippen LogP contribution in [0.25, 0.3) is 0 Å². The van der Waals surface area contributed by atoms with Crippen molar-refractivity contribution in [3.8, 4) is 23.0 Å². The monoisotopic (exact) mass is 433 g/mol. The first kappa shape index (κ1) is 21.4. The van der Waals surface area contributed by atoms with Gasteiger partial charge in [-0.15, -0.1) is 0 Å². The lowest BCUT2D eigenvalue weighted by Crippen LogP contribution is -2.13. The second-order valence-electron chi connectivity index (χ2n) is 5.96. The van der Waals surface area contributed by atoms with Crippen LogP contribution in [-0.2, 0) is 0 Å². The minimum atomic E-state index is -3.00. The summed E-state index contributed by atoms with van der Waals surface area (Å²) in [6.45, 7) is -1.09. The lowest BCUT2D eigenvalue weighted by Gasteiger charge is -2.14. The number of nitrogens with one attached hydrogen (secondary N) is 1. The number of hydrogen-bond acceptors (Lipinski definition) is 4. The maximum atomic E-state index is 12.7. The molecule has 0 bridgehead atoms. The fraction of sp³-hybridized carbons (Fsp3) is 0.136. The van der Waals surface area contributed by atoms with E-state index < -0.39 is 12.5 Å². The van der Waals surface area contributed by atoms with Crippen LogP contribution in [0.3, 0.4) is 0 Å². The van der Waals surface area contributed by atoms with Crippen molar-refractivity contribution in [2.45, 2.75) is 13.5 Å². The minimum Gasteiger partial charge on any atom is -0.490 e. The lowest BCUT2D eigenvalue weighted by molar-refractivity contribution is -0.0514. The largest absolute Gasteiger partial charge is 0.490 e. The molecule has 0 aliphatic heterocycles. The van der Waals surface area contributed by atoms with E-state index in [-0.39, 0.29) is 23.7 Å². The Morgan fingerprint density at radius 3 is 2.37 bits per heavy atom. The molecule has 1 N–H and O–H groups in total. The van der Waals surface area contributed by atoms with E-state index in [0.29, 0.717) is 22.2 Å². The SMILES string of the molecule is CCOc1cc(C(=O)Nc2ccccc2Oc2ccccc2Cl)ccc1OC(F)F. The van der Waals surface area contributed by atoms with Gasteiger partial charge in [0.15, 0.2) is 17.2 Å². The van der Waals surface area contributed by atoms with Crippen LogP contribution in [0.2, 0.25) is 5.02 Å². The molecule has 156 valence electrons. The minimum absolute atomic E-state index is 0.0473. The van der Waals surface area contributed by atoms with E-state index in [9.17, 15) is 13.6 Å². The van der Waals surface area contributed by atoms with Crippen LogP contribution >= 0.6 is 11.6 Å². The highest BCUT2D eigenvalue weighted by atomic mass is 35.5. The van der Waals surface area contributed by atoms with Gasteiger partial charge in [0.25, 0.3) is 5.91 Å². The number of halogens is 3. The van der Waals surface area contributed by atoms with E-state index >= 15 is 0 Å². The molecule has 3 aromatic rings. The predicted octanol–water partition coefficient (Wildman–Crippen LogP) is 6.38. The first-order chi connectivity index (χ1) is 14.5. The molecule has 30 heavy (non-hydrogen) atoms. The van der Waals surface area contributed by atoms with Crippen LogP contribution in [0.5, 0.6) is 23.0 Å². The van der Waals surface area contributed by atoms with Gasteiger partial charge < -0.3 is 19.5 Å². The van der Waals surface area contributed by atoms with Crippen LogP contribution in [-0.4, -0.2) is 19.1 Å². The Morgan fingerprint density at radius 1 is 0.967 bits per heavy atom. The van der Waals surface area contributed by atoms with Crippen LogP contribution in [0.15, 0.2) is 66.7 Å². The average molecular weight is 434 g/mol. The Labute approximate surface area is 177 Å². The highest BCUT2D eigenvalue weighted by Gasteiger charge is 2.16. The van der Waals surface area contributed by atoms with Gasteiger partial charge in [0.2, 0.25) is 0 Å². The maximum absolute atomic E-state index is 12.7. The van der Waals surface area contributed by atoms with Crippen molar-refractivity contribution < 1.29 is 27.8 Å². The molecule has 0 aromatic heterocycles. The summed E-state index contributed by atoms with van der Waals surface area (Å²) in [5.41, 5.74) is 0.612.